The quantitative estimate of drug-likeness (QED) is 0.742. The molecule has 152 valence electrons. The highest BCUT2D eigenvalue weighted by Gasteiger charge is 2.28. The number of halogens is 1. The third-order valence-electron chi connectivity index (χ3n) is 6.63. The van der Waals surface area contributed by atoms with Crippen LogP contribution in [0.4, 0.5) is 4.39 Å². The highest BCUT2D eigenvalue weighted by molar-refractivity contribution is 5.91. The van der Waals surface area contributed by atoms with E-state index in [0.29, 0.717) is 36.5 Å². The number of aromatic carboxylic acids is 1. The summed E-state index contributed by atoms with van der Waals surface area (Å²) < 4.78 is 15.2. The molecule has 1 heterocycles. The van der Waals surface area contributed by atoms with Crippen LogP contribution in [0, 0.1) is 31.5 Å². The highest BCUT2D eigenvalue weighted by atomic mass is 19.1. The summed E-state index contributed by atoms with van der Waals surface area (Å²) in [4.78, 5) is 12.0. The van der Waals surface area contributed by atoms with Crippen molar-refractivity contribution in [2.45, 2.75) is 66.1 Å². The summed E-state index contributed by atoms with van der Waals surface area (Å²) in [5.41, 5.74) is 3.91. The zero-order valence-corrected chi connectivity index (χ0v) is 17.3. The topological polar surface area (TPSA) is 54.3 Å². The Kier molecular flexibility index (Phi) is 6.23. The van der Waals surface area contributed by atoms with Crippen molar-refractivity contribution in [3.05, 3.63) is 58.2 Å². The summed E-state index contributed by atoms with van der Waals surface area (Å²) in [5, 5.41) is 13.5. The Morgan fingerprint density at radius 1 is 1.18 bits per heavy atom. The summed E-state index contributed by atoms with van der Waals surface area (Å²) >= 11 is 0. The van der Waals surface area contributed by atoms with Gasteiger partial charge in [-0.25, -0.2) is 9.18 Å². The molecule has 1 aliphatic carbocycles. The normalized spacial score (nSPS) is 22.4. The van der Waals surface area contributed by atoms with E-state index in [1.807, 2.05) is 18.4 Å². The Balaban J connectivity index is 1.85. The molecule has 0 aliphatic heterocycles. The van der Waals surface area contributed by atoms with Crippen LogP contribution in [0.5, 0.6) is 0 Å². The van der Waals surface area contributed by atoms with Gasteiger partial charge in [-0.1, -0.05) is 38.8 Å². The Morgan fingerprint density at radius 2 is 1.86 bits per heavy atom. The number of carbonyl (C=O) groups is 1. The van der Waals surface area contributed by atoms with E-state index in [2.05, 4.69) is 19.2 Å². The SMILES string of the molecule is Cc1c(CNC2CCCC(C)C2C)c(C(=O)O)c(C)n1Cc1ccc(F)cc1. The zero-order valence-electron chi connectivity index (χ0n) is 17.3. The number of nitrogens with zero attached hydrogens (tertiary/aromatic N) is 1. The molecule has 2 aromatic rings. The number of nitrogens with one attached hydrogen (secondary N) is 1. The minimum absolute atomic E-state index is 0.267. The van der Waals surface area contributed by atoms with Crippen LogP contribution in [0.3, 0.4) is 0 Å². The number of rotatable bonds is 6. The van der Waals surface area contributed by atoms with Gasteiger partial charge in [0.25, 0.3) is 0 Å². The lowest BCUT2D eigenvalue weighted by atomic mass is 9.78. The predicted molar refractivity (Wildman–Crippen MR) is 109 cm³/mol. The molecule has 3 atom stereocenters. The standard InChI is InChI=1S/C23H31FN2O2/c1-14-6-5-7-21(15(14)2)25-12-20-16(3)26(17(4)22(20)23(27)28)13-18-8-10-19(24)11-9-18/h8-11,14-15,21,25H,5-7,12-13H2,1-4H3,(H,27,28). The Hall–Kier alpha value is -2.14. The number of aromatic nitrogens is 1. The fourth-order valence-electron chi connectivity index (χ4n) is 4.56. The van der Waals surface area contributed by atoms with Gasteiger partial charge in [0.15, 0.2) is 0 Å². The molecule has 1 aromatic heterocycles. The molecule has 0 spiro atoms. The van der Waals surface area contributed by atoms with E-state index in [0.717, 1.165) is 28.9 Å². The third kappa shape index (κ3) is 4.14. The lowest BCUT2D eigenvalue weighted by molar-refractivity contribution is 0.0694. The first-order chi connectivity index (χ1) is 13.3. The van der Waals surface area contributed by atoms with E-state index >= 15 is 0 Å². The molecule has 1 aromatic carbocycles. The summed E-state index contributed by atoms with van der Waals surface area (Å²) in [6.07, 6.45) is 3.63. The molecule has 3 rings (SSSR count). The summed E-state index contributed by atoms with van der Waals surface area (Å²) in [7, 11) is 0. The molecule has 2 N–H and O–H groups in total. The van der Waals surface area contributed by atoms with Crippen LogP contribution in [0.2, 0.25) is 0 Å². The van der Waals surface area contributed by atoms with Gasteiger partial charge in [-0.2, -0.15) is 0 Å². The van der Waals surface area contributed by atoms with Crippen molar-refractivity contribution >= 4 is 5.97 Å². The van der Waals surface area contributed by atoms with E-state index in [4.69, 9.17) is 0 Å². The van der Waals surface area contributed by atoms with Crippen LogP contribution in [0.15, 0.2) is 24.3 Å². The van der Waals surface area contributed by atoms with Crippen LogP contribution in [-0.4, -0.2) is 21.7 Å². The number of carboxylic acid groups (broad SMARTS) is 1. The molecule has 0 saturated heterocycles. The van der Waals surface area contributed by atoms with Crippen LogP contribution in [-0.2, 0) is 13.1 Å². The van der Waals surface area contributed by atoms with Crippen molar-refractivity contribution in [2.75, 3.05) is 0 Å². The Bertz CT molecular complexity index is 841. The number of benzene rings is 1. The molecular weight excluding hydrogens is 355 g/mol. The average molecular weight is 387 g/mol. The van der Waals surface area contributed by atoms with Crippen molar-refractivity contribution in [1.29, 1.82) is 0 Å². The summed E-state index contributed by atoms with van der Waals surface area (Å²) in [5.74, 6) is 0.123. The fourth-order valence-corrected chi connectivity index (χ4v) is 4.56. The van der Waals surface area contributed by atoms with Gasteiger partial charge < -0.3 is 15.0 Å². The molecule has 0 amide bonds. The van der Waals surface area contributed by atoms with Crippen molar-refractivity contribution in [2.24, 2.45) is 11.8 Å². The fraction of sp³-hybridized carbons (Fsp3) is 0.522. The van der Waals surface area contributed by atoms with Crippen LogP contribution in [0.1, 0.15) is 66.0 Å². The number of hydrogen-bond acceptors (Lipinski definition) is 2. The third-order valence-corrected chi connectivity index (χ3v) is 6.63. The first-order valence-corrected chi connectivity index (χ1v) is 10.2. The van der Waals surface area contributed by atoms with E-state index in [9.17, 15) is 14.3 Å². The van der Waals surface area contributed by atoms with Crippen LogP contribution >= 0.6 is 0 Å². The lowest BCUT2D eigenvalue weighted by Crippen LogP contribution is -2.40. The molecule has 3 unspecified atom stereocenters. The van der Waals surface area contributed by atoms with Crippen molar-refractivity contribution in [1.82, 2.24) is 9.88 Å². The molecule has 1 aliphatic rings. The molecule has 28 heavy (non-hydrogen) atoms. The van der Waals surface area contributed by atoms with Gasteiger partial charge in [0.1, 0.15) is 5.82 Å². The van der Waals surface area contributed by atoms with Crippen molar-refractivity contribution < 1.29 is 14.3 Å². The Labute approximate surface area is 166 Å². The minimum Gasteiger partial charge on any atom is -0.478 e. The van der Waals surface area contributed by atoms with E-state index in [-0.39, 0.29) is 5.82 Å². The average Bonchev–Trinajstić information content (AvgIpc) is 2.89. The van der Waals surface area contributed by atoms with E-state index < -0.39 is 5.97 Å². The van der Waals surface area contributed by atoms with Gasteiger partial charge in [0, 0.05) is 36.1 Å². The first-order valence-electron chi connectivity index (χ1n) is 10.2. The Morgan fingerprint density at radius 3 is 2.50 bits per heavy atom. The molecule has 4 nitrogen and oxygen atoms in total. The van der Waals surface area contributed by atoms with Crippen LogP contribution < -0.4 is 5.32 Å². The summed E-state index contributed by atoms with van der Waals surface area (Å²) in [6, 6.07) is 6.80. The van der Waals surface area contributed by atoms with Crippen molar-refractivity contribution in [3.8, 4) is 0 Å². The monoisotopic (exact) mass is 386 g/mol. The number of hydrogen-bond donors (Lipinski definition) is 2. The molecule has 1 fully saturated rings. The van der Waals surface area contributed by atoms with Gasteiger partial charge in [-0.05, 0) is 49.8 Å². The maximum absolute atomic E-state index is 13.2. The van der Waals surface area contributed by atoms with E-state index in [1.54, 1.807) is 12.1 Å². The second kappa shape index (κ2) is 8.48. The largest absolute Gasteiger partial charge is 0.478 e. The van der Waals surface area contributed by atoms with E-state index in [1.165, 1.54) is 25.0 Å². The van der Waals surface area contributed by atoms with Gasteiger partial charge in [-0.3, -0.25) is 0 Å². The predicted octanol–water partition coefficient (Wildman–Crippen LogP) is 4.90. The zero-order chi connectivity index (χ0) is 20.4. The molecule has 0 bridgehead atoms. The second-order valence-corrected chi connectivity index (χ2v) is 8.30. The van der Waals surface area contributed by atoms with Gasteiger partial charge in [0.2, 0.25) is 0 Å². The smallest absolute Gasteiger partial charge is 0.337 e. The van der Waals surface area contributed by atoms with Gasteiger partial charge in [0.05, 0.1) is 5.56 Å². The van der Waals surface area contributed by atoms with Gasteiger partial charge >= 0.3 is 5.97 Å². The maximum atomic E-state index is 13.2. The maximum Gasteiger partial charge on any atom is 0.337 e. The minimum atomic E-state index is -0.889. The molecule has 5 heteroatoms. The number of carboxylic acids is 1. The molecule has 1 saturated carbocycles. The van der Waals surface area contributed by atoms with Crippen LogP contribution in [0.25, 0.3) is 0 Å². The lowest BCUT2D eigenvalue weighted by Gasteiger charge is -2.34. The molecular formula is C23H31FN2O2. The van der Waals surface area contributed by atoms with Crippen molar-refractivity contribution in [3.63, 3.8) is 0 Å². The molecule has 0 radical (unpaired) electrons. The first kappa shape index (κ1) is 20.6. The second-order valence-electron chi connectivity index (χ2n) is 8.30. The van der Waals surface area contributed by atoms with Gasteiger partial charge in [-0.15, -0.1) is 0 Å². The highest BCUT2D eigenvalue weighted by Crippen LogP contribution is 2.30. The summed E-state index contributed by atoms with van der Waals surface area (Å²) in [6.45, 7) is 9.52.